The second-order valence-corrected chi connectivity index (χ2v) is 6.19. The Bertz CT molecular complexity index is 604. The van der Waals surface area contributed by atoms with Crippen LogP contribution in [0.25, 0.3) is 0 Å². The summed E-state index contributed by atoms with van der Waals surface area (Å²) in [6, 6.07) is 5.30. The molecule has 2 rings (SSSR count). The number of benzene rings is 1. The van der Waals surface area contributed by atoms with Crippen LogP contribution in [0.4, 0.5) is 0 Å². The van der Waals surface area contributed by atoms with Crippen molar-refractivity contribution in [3.63, 3.8) is 0 Å². The second kappa shape index (κ2) is 7.60. The summed E-state index contributed by atoms with van der Waals surface area (Å²) in [6.45, 7) is 5.91. The van der Waals surface area contributed by atoms with Crippen molar-refractivity contribution >= 4 is 17.0 Å². The monoisotopic (exact) mass is 327 g/mol. The van der Waals surface area contributed by atoms with Crippen LogP contribution in [0.2, 0.25) is 0 Å². The Morgan fingerprint density at radius 1 is 1.32 bits per heavy atom. The van der Waals surface area contributed by atoms with Crippen LogP contribution in [0.1, 0.15) is 31.4 Å². The zero-order chi connectivity index (χ0) is 16.1. The summed E-state index contributed by atoms with van der Waals surface area (Å²) in [5.74, 6) is 0.174. The van der Waals surface area contributed by atoms with E-state index in [4.69, 9.17) is 8.92 Å². The van der Waals surface area contributed by atoms with E-state index in [1.165, 1.54) is 0 Å². The maximum Gasteiger partial charge on any atom is 0.307 e. The van der Waals surface area contributed by atoms with Crippen LogP contribution in [0, 0.1) is 0 Å². The first kappa shape index (κ1) is 16.8. The van der Waals surface area contributed by atoms with E-state index < -0.39 is 11.0 Å². The first-order valence-electron chi connectivity index (χ1n) is 7.30. The molecule has 1 aliphatic heterocycles. The van der Waals surface area contributed by atoms with Crippen LogP contribution in [-0.4, -0.2) is 38.5 Å². The molecule has 0 atom stereocenters. The number of fused-ring (bicyclic) bond motifs is 1. The topological polar surface area (TPSA) is 72.9 Å². The first-order valence-corrected chi connectivity index (χ1v) is 8.39. The molecule has 0 amide bonds. The Hall–Kier alpha value is -1.60. The van der Waals surface area contributed by atoms with Gasteiger partial charge in [0.15, 0.2) is 0 Å². The molecular formula is C15H21NO5S. The molecule has 1 aliphatic rings. The van der Waals surface area contributed by atoms with E-state index in [9.17, 15) is 13.2 Å². The van der Waals surface area contributed by atoms with Gasteiger partial charge >= 0.3 is 5.97 Å². The van der Waals surface area contributed by atoms with Gasteiger partial charge in [-0.25, -0.2) is 0 Å². The lowest BCUT2D eigenvalue weighted by Gasteiger charge is -2.28. The number of thiol groups is 1. The third-order valence-corrected chi connectivity index (χ3v) is 3.81. The van der Waals surface area contributed by atoms with Crippen LogP contribution >= 0.6 is 0 Å². The molecule has 0 aliphatic carbocycles. The summed E-state index contributed by atoms with van der Waals surface area (Å²) in [5, 5.41) is 0. The van der Waals surface area contributed by atoms with E-state index in [-0.39, 0.29) is 12.1 Å². The number of ether oxygens (including phenoxy) is 1. The van der Waals surface area contributed by atoms with Crippen molar-refractivity contribution in [2.24, 2.45) is 0 Å². The van der Waals surface area contributed by atoms with Crippen LogP contribution < -0.4 is 4.18 Å². The molecule has 1 aromatic rings. The zero-order valence-corrected chi connectivity index (χ0v) is 13.7. The largest absolute Gasteiger partial charge is 0.463 e. The van der Waals surface area contributed by atoms with E-state index in [2.05, 4.69) is 4.90 Å². The van der Waals surface area contributed by atoms with Crippen LogP contribution in [0.15, 0.2) is 18.2 Å². The van der Waals surface area contributed by atoms with Crippen molar-refractivity contribution in [2.75, 3.05) is 13.1 Å². The van der Waals surface area contributed by atoms with Gasteiger partial charge in [-0.1, -0.05) is 6.07 Å². The van der Waals surface area contributed by atoms with Gasteiger partial charge in [-0.2, -0.15) is 8.42 Å². The molecule has 0 N–H and O–H groups in total. The average molecular weight is 327 g/mol. The molecule has 0 bridgehead atoms. The number of nitrogens with zero attached hydrogens (tertiary/aromatic N) is 1. The first-order chi connectivity index (χ1) is 10.4. The minimum atomic E-state index is -2.88. The number of rotatable bonds is 6. The Morgan fingerprint density at radius 2 is 2.09 bits per heavy atom. The predicted molar refractivity (Wildman–Crippen MR) is 82.2 cm³/mol. The SMILES string of the molecule is CC(C)OC(=O)CCN1CCc2cc(O[SH](=O)=O)ccc2C1. The highest BCUT2D eigenvalue weighted by Crippen LogP contribution is 2.24. The summed E-state index contributed by atoms with van der Waals surface area (Å²) in [7, 11) is -2.88. The lowest BCUT2D eigenvalue weighted by atomic mass is 9.99. The van der Waals surface area contributed by atoms with Crippen molar-refractivity contribution < 1.29 is 22.1 Å². The maximum atomic E-state index is 11.6. The van der Waals surface area contributed by atoms with Crippen molar-refractivity contribution in [3.05, 3.63) is 29.3 Å². The van der Waals surface area contributed by atoms with Gasteiger partial charge < -0.3 is 8.92 Å². The predicted octanol–water partition coefficient (Wildman–Crippen LogP) is 1.29. The van der Waals surface area contributed by atoms with Gasteiger partial charge in [0.05, 0.1) is 12.5 Å². The van der Waals surface area contributed by atoms with Gasteiger partial charge in [-0.15, -0.1) is 0 Å². The highest BCUT2D eigenvalue weighted by atomic mass is 32.2. The Balaban J connectivity index is 1.90. The fraction of sp³-hybridized carbons (Fsp3) is 0.533. The highest BCUT2D eigenvalue weighted by Gasteiger charge is 2.18. The van der Waals surface area contributed by atoms with Gasteiger partial charge in [-0.05, 0) is 43.5 Å². The minimum Gasteiger partial charge on any atom is -0.463 e. The number of carbonyl (C=O) groups excluding carboxylic acids is 1. The van der Waals surface area contributed by atoms with Crippen molar-refractivity contribution in [2.45, 2.75) is 39.3 Å². The van der Waals surface area contributed by atoms with Crippen molar-refractivity contribution in [1.29, 1.82) is 0 Å². The standard InChI is InChI=1S/C15H21NO5S/c1-11(2)20-15(17)6-8-16-7-5-12-9-14(21-22(18)19)4-3-13(12)10-16/h3-4,9,11,22H,5-8,10H2,1-2H3. The molecule has 0 aromatic heterocycles. The fourth-order valence-electron chi connectivity index (χ4n) is 2.49. The number of hydrogen-bond donors (Lipinski definition) is 1. The van der Waals surface area contributed by atoms with E-state index in [1.807, 2.05) is 19.9 Å². The molecule has 0 unspecified atom stereocenters. The summed E-state index contributed by atoms with van der Waals surface area (Å²) in [5.41, 5.74) is 2.23. The van der Waals surface area contributed by atoms with Gasteiger partial charge in [0.25, 0.3) is 11.0 Å². The van der Waals surface area contributed by atoms with Crippen LogP contribution in [0.5, 0.6) is 5.75 Å². The molecule has 0 spiro atoms. The molecule has 6 nitrogen and oxygen atoms in total. The molecule has 7 heteroatoms. The number of esters is 1. The summed E-state index contributed by atoms with van der Waals surface area (Å²) in [4.78, 5) is 13.8. The summed E-state index contributed by atoms with van der Waals surface area (Å²) < 4.78 is 31.0. The molecule has 1 aromatic carbocycles. The third kappa shape index (κ3) is 4.99. The minimum absolute atomic E-state index is 0.0829. The maximum absolute atomic E-state index is 11.6. The number of hydrogen-bond acceptors (Lipinski definition) is 6. The Morgan fingerprint density at radius 3 is 2.77 bits per heavy atom. The molecule has 0 saturated heterocycles. The average Bonchev–Trinajstić information content (AvgIpc) is 2.43. The molecule has 0 fully saturated rings. The van der Waals surface area contributed by atoms with Gasteiger partial charge in [0.1, 0.15) is 5.75 Å². The molecular weight excluding hydrogens is 306 g/mol. The van der Waals surface area contributed by atoms with Gasteiger partial charge in [0.2, 0.25) is 0 Å². The lowest BCUT2D eigenvalue weighted by Crippen LogP contribution is -2.32. The second-order valence-electron chi connectivity index (χ2n) is 5.56. The van der Waals surface area contributed by atoms with Crippen molar-refractivity contribution in [3.8, 4) is 5.75 Å². The van der Waals surface area contributed by atoms with E-state index in [0.717, 1.165) is 30.6 Å². The highest BCUT2D eigenvalue weighted by molar-refractivity contribution is 7.67. The van der Waals surface area contributed by atoms with Gasteiger partial charge in [-0.3, -0.25) is 9.69 Å². The zero-order valence-electron chi connectivity index (χ0n) is 12.8. The van der Waals surface area contributed by atoms with Gasteiger partial charge in [0, 0.05) is 19.6 Å². The lowest BCUT2D eigenvalue weighted by molar-refractivity contribution is -0.147. The molecule has 0 saturated carbocycles. The smallest absolute Gasteiger partial charge is 0.307 e. The molecule has 1 heterocycles. The quantitative estimate of drug-likeness (QED) is 0.627. The third-order valence-electron chi connectivity index (χ3n) is 3.45. The Labute approximate surface area is 132 Å². The van der Waals surface area contributed by atoms with E-state index >= 15 is 0 Å². The number of carbonyl (C=O) groups is 1. The van der Waals surface area contributed by atoms with E-state index in [0.29, 0.717) is 18.7 Å². The normalized spacial score (nSPS) is 14.9. The van der Waals surface area contributed by atoms with Crippen molar-refractivity contribution in [1.82, 2.24) is 4.90 Å². The molecule has 0 radical (unpaired) electrons. The van der Waals surface area contributed by atoms with Crippen LogP contribution in [-0.2, 0) is 33.5 Å². The molecule has 122 valence electrons. The molecule has 22 heavy (non-hydrogen) atoms. The summed E-state index contributed by atoms with van der Waals surface area (Å²) >= 11 is 0. The van der Waals surface area contributed by atoms with Crippen LogP contribution in [0.3, 0.4) is 0 Å². The van der Waals surface area contributed by atoms with E-state index in [1.54, 1.807) is 12.1 Å². The Kier molecular flexibility index (Phi) is 5.79. The fourth-order valence-corrected chi connectivity index (χ4v) is 2.78. The summed E-state index contributed by atoms with van der Waals surface area (Å²) in [6.07, 6.45) is 1.10.